The highest BCUT2D eigenvalue weighted by Gasteiger charge is 2.04. The topological polar surface area (TPSA) is 37.0 Å². The van der Waals surface area contributed by atoms with Gasteiger partial charge in [0.2, 0.25) is 0 Å². The zero-order valence-electron chi connectivity index (χ0n) is 14.1. The number of hydrogen-bond acceptors (Lipinski definition) is 3. The molecule has 0 spiro atoms. The van der Waals surface area contributed by atoms with Crippen LogP contribution in [0.5, 0.6) is 0 Å². The van der Waals surface area contributed by atoms with Crippen LogP contribution in [-0.2, 0) is 6.54 Å². The first-order chi connectivity index (χ1) is 10.6. The van der Waals surface area contributed by atoms with Crippen molar-refractivity contribution >= 4 is 5.82 Å². The summed E-state index contributed by atoms with van der Waals surface area (Å²) in [5, 5.41) is 6.88. The first-order valence-corrected chi connectivity index (χ1v) is 8.04. The molecule has 118 valence electrons. The second-order valence-electron chi connectivity index (χ2n) is 6.13. The maximum absolute atomic E-state index is 4.49. The molecule has 0 saturated carbocycles. The molecule has 0 aliphatic heterocycles. The second kappa shape index (κ2) is 7.95. The predicted molar refractivity (Wildman–Crippen MR) is 94.4 cm³/mol. The summed E-state index contributed by atoms with van der Waals surface area (Å²) < 4.78 is 0. The number of pyridine rings is 1. The van der Waals surface area contributed by atoms with Crippen LogP contribution in [0.15, 0.2) is 36.4 Å². The van der Waals surface area contributed by atoms with E-state index >= 15 is 0 Å². The molecule has 0 aliphatic rings. The Morgan fingerprint density at radius 3 is 2.55 bits per heavy atom. The molecule has 2 rings (SSSR count). The Kier molecular flexibility index (Phi) is 5.96. The molecule has 22 heavy (non-hydrogen) atoms. The van der Waals surface area contributed by atoms with Crippen LogP contribution in [-0.4, -0.2) is 18.1 Å². The van der Waals surface area contributed by atoms with Crippen molar-refractivity contribution in [3.05, 3.63) is 58.8 Å². The van der Waals surface area contributed by atoms with Gasteiger partial charge in [0.1, 0.15) is 5.82 Å². The third kappa shape index (κ3) is 4.85. The van der Waals surface area contributed by atoms with Crippen molar-refractivity contribution in [2.45, 2.75) is 40.2 Å². The van der Waals surface area contributed by atoms with Gasteiger partial charge in [-0.25, -0.2) is 4.98 Å². The fourth-order valence-electron chi connectivity index (χ4n) is 2.69. The Bertz CT molecular complexity index is 585. The number of nitrogens with one attached hydrogen (secondary N) is 2. The average Bonchev–Trinajstić information content (AvgIpc) is 2.46. The summed E-state index contributed by atoms with van der Waals surface area (Å²) in [6.07, 6.45) is 0. The Morgan fingerprint density at radius 2 is 1.82 bits per heavy atom. The zero-order valence-corrected chi connectivity index (χ0v) is 14.1. The van der Waals surface area contributed by atoms with E-state index in [0.717, 1.165) is 31.1 Å². The van der Waals surface area contributed by atoms with Gasteiger partial charge in [0.15, 0.2) is 0 Å². The van der Waals surface area contributed by atoms with E-state index in [9.17, 15) is 0 Å². The van der Waals surface area contributed by atoms with Crippen LogP contribution >= 0.6 is 0 Å². The van der Waals surface area contributed by atoms with Crippen LogP contribution in [0.1, 0.15) is 42.1 Å². The van der Waals surface area contributed by atoms with Gasteiger partial charge in [-0.2, -0.15) is 0 Å². The predicted octanol–water partition coefficient (Wildman–Crippen LogP) is 4.02. The molecule has 0 amide bonds. The molecule has 0 radical (unpaired) electrons. The fourth-order valence-corrected chi connectivity index (χ4v) is 2.69. The fraction of sp³-hybridized carbons (Fsp3) is 0.421. The summed E-state index contributed by atoms with van der Waals surface area (Å²) in [7, 11) is 0. The van der Waals surface area contributed by atoms with E-state index < -0.39 is 0 Å². The molecule has 0 bridgehead atoms. The van der Waals surface area contributed by atoms with Gasteiger partial charge in [-0.1, -0.05) is 38.1 Å². The number of anilines is 1. The van der Waals surface area contributed by atoms with Crippen molar-refractivity contribution in [2.75, 3.05) is 18.4 Å². The Hall–Kier alpha value is -1.87. The molecule has 1 aromatic carbocycles. The van der Waals surface area contributed by atoms with Crippen molar-refractivity contribution in [1.29, 1.82) is 0 Å². The minimum Gasteiger partial charge on any atom is -0.369 e. The first-order valence-electron chi connectivity index (χ1n) is 8.04. The molecule has 3 nitrogen and oxygen atoms in total. The molecular weight excluding hydrogens is 270 g/mol. The Morgan fingerprint density at radius 1 is 1.05 bits per heavy atom. The molecule has 2 N–H and O–H groups in total. The summed E-state index contributed by atoms with van der Waals surface area (Å²) in [4.78, 5) is 4.49. The molecule has 0 saturated heterocycles. The van der Waals surface area contributed by atoms with E-state index in [4.69, 9.17) is 0 Å². The summed E-state index contributed by atoms with van der Waals surface area (Å²) in [6, 6.07) is 12.8. The van der Waals surface area contributed by atoms with E-state index in [1.165, 1.54) is 16.7 Å². The van der Waals surface area contributed by atoms with Gasteiger partial charge in [0, 0.05) is 25.3 Å². The number of aryl methyl sites for hydroxylation is 2. The van der Waals surface area contributed by atoms with E-state index in [2.05, 4.69) is 72.8 Å². The SMILES string of the molecule is Cc1cc(C)nc(NCCNCc2ccccc2C(C)C)c1. The van der Waals surface area contributed by atoms with E-state index in [1.807, 2.05) is 6.92 Å². The summed E-state index contributed by atoms with van der Waals surface area (Å²) in [6.45, 7) is 11.3. The van der Waals surface area contributed by atoms with Crippen molar-refractivity contribution in [3.8, 4) is 0 Å². The highest BCUT2D eigenvalue weighted by Crippen LogP contribution is 2.18. The standard InChI is InChI=1S/C19H27N3/c1-14(2)18-8-6-5-7-17(18)13-20-9-10-21-19-12-15(3)11-16(4)22-19/h5-8,11-12,14,20H,9-10,13H2,1-4H3,(H,21,22). The average molecular weight is 297 g/mol. The summed E-state index contributed by atoms with van der Waals surface area (Å²) in [5.74, 6) is 1.53. The van der Waals surface area contributed by atoms with Gasteiger partial charge in [0.05, 0.1) is 0 Å². The second-order valence-corrected chi connectivity index (χ2v) is 6.13. The van der Waals surface area contributed by atoms with Crippen molar-refractivity contribution in [3.63, 3.8) is 0 Å². The number of rotatable bonds is 7. The van der Waals surface area contributed by atoms with E-state index in [1.54, 1.807) is 0 Å². The van der Waals surface area contributed by atoms with E-state index in [0.29, 0.717) is 5.92 Å². The molecule has 0 unspecified atom stereocenters. The molecule has 3 heteroatoms. The maximum atomic E-state index is 4.49. The normalized spacial score (nSPS) is 11.0. The van der Waals surface area contributed by atoms with Crippen LogP contribution < -0.4 is 10.6 Å². The minimum atomic E-state index is 0.565. The highest BCUT2D eigenvalue weighted by molar-refractivity contribution is 5.39. The van der Waals surface area contributed by atoms with Crippen molar-refractivity contribution < 1.29 is 0 Å². The van der Waals surface area contributed by atoms with Crippen LogP contribution in [0.25, 0.3) is 0 Å². The molecule has 0 atom stereocenters. The smallest absolute Gasteiger partial charge is 0.126 e. The molecule has 1 heterocycles. The van der Waals surface area contributed by atoms with Crippen molar-refractivity contribution in [1.82, 2.24) is 10.3 Å². The zero-order chi connectivity index (χ0) is 15.9. The number of aromatic nitrogens is 1. The largest absolute Gasteiger partial charge is 0.369 e. The van der Waals surface area contributed by atoms with Gasteiger partial charge in [-0.3, -0.25) is 0 Å². The number of hydrogen-bond donors (Lipinski definition) is 2. The number of benzene rings is 1. The van der Waals surface area contributed by atoms with Gasteiger partial charge in [-0.15, -0.1) is 0 Å². The summed E-state index contributed by atoms with van der Waals surface area (Å²) >= 11 is 0. The van der Waals surface area contributed by atoms with Gasteiger partial charge < -0.3 is 10.6 Å². The molecule has 1 aromatic heterocycles. The van der Waals surface area contributed by atoms with Gasteiger partial charge in [0.25, 0.3) is 0 Å². The lowest BCUT2D eigenvalue weighted by Crippen LogP contribution is -2.22. The molecule has 0 fully saturated rings. The lowest BCUT2D eigenvalue weighted by molar-refractivity contribution is 0.693. The highest BCUT2D eigenvalue weighted by atomic mass is 15.0. The number of nitrogens with zero attached hydrogens (tertiary/aromatic N) is 1. The quantitative estimate of drug-likeness (QED) is 0.758. The maximum Gasteiger partial charge on any atom is 0.126 e. The van der Waals surface area contributed by atoms with Crippen LogP contribution in [0.2, 0.25) is 0 Å². The van der Waals surface area contributed by atoms with Crippen LogP contribution in [0, 0.1) is 13.8 Å². The van der Waals surface area contributed by atoms with Gasteiger partial charge in [-0.05, 0) is 48.6 Å². The Labute approximate surface area is 134 Å². The monoisotopic (exact) mass is 297 g/mol. The van der Waals surface area contributed by atoms with Crippen LogP contribution in [0.3, 0.4) is 0 Å². The van der Waals surface area contributed by atoms with E-state index in [-0.39, 0.29) is 0 Å². The third-order valence-corrected chi connectivity index (χ3v) is 3.70. The van der Waals surface area contributed by atoms with Gasteiger partial charge >= 0.3 is 0 Å². The molecule has 2 aromatic rings. The van der Waals surface area contributed by atoms with Crippen LogP contribution in [0.4, 0.5) is 5.82 Å². The lowest BCUT2D eigenvalue weighted by Gasteiger charge is -2.13. The minimum absolute atomic E-state index is 0.565. The summed E-state index contributed by atoms with van der Waals surface area (Å²) in [5.41, 5.74) is 5.12. The third-order valence-electron chi connectivity index (χ3n) is 3.70. The van der Waals surface area contributed by atoms with Crippen molar-refractivity contribution in [2.24, 2.45) is 0 Å². The molecule has 0 aliphatic carbocycles. The lowest BCUT2D eigenvalue weighted by atomic mass is 9.97. The molecular formula is C19H27N3. The Balaban J connectivity index is 1.78. The first kappa shape index (κ1) is 16.5.